The van der Waals surface area contributed by atoms with E-state index in [-0.39, 0.29) is 17.8 Å². The highest BCUT2D eigenvalue weighted by Gasteiger charge is 2.51. The molecule has 146 valence electrons. The number of aliphatic hydroxyl groups is 1. The fraction of sp³-hybridized carbons (Fsp3) is 0.130. The van der Waals surface area contributed by atoms with Gasteiger partial charge in [0.15, 0.2) is 11.4 Å². The number of ketones is 1. The summed E-state index contributed by atoms with van der Waals surface area (Å²) in [5.41, 5.74) is 0.263. The first kappa shape index (κ1) is 19.8. The Balaban J connectivity index is 1.73. The summed E-state index contributed by atoms with van der Waals surface area (Å²) in [5.74, 6) is -0.909. The molecule has 0 unspecified atom stereocenters. The molecule has 1 N–H and O–H groups in total. The molecule has 1 atom stereocenters. The third kappa shape index (κ3) is 3.62. The van der Waals surface area contributed by atoms with Crippen molar-refractivity contribution in [2.45, 2.75) is 18.6 Å². The lowest BCUT2D eigenvalue weighted by Crippen LogP contribution is -2.41. The van der Waals surface area contributed by atoms with Crippen molar-refractivity contribution in [3.63, 3.8) is 0 Å². The van der Waals surface area contributed by atoms with Crippen molar-refractivity contribution < 1.29 is 14.7 Å². The largest absolute Gasteiger partial charge is 0.375 e. The fourth-order valence-corrected chi connectivity index (χ4v) is 4.23. The van der Waals surface area contributed by atoms with Gasteiger partial charge in [0.25, 0.3) is 5.91 Å². The average Bonchev–Trinajstić information content (AvgIpc) is 2.90. The zero-order valence-electron chi connectivity index (χ0n) is 15.3. The summed E-state index contributed by atoms with van der Waals surface area (Å²) in [6.45, 7) is 0.302. The molecule has 1 heterocycles. The Kier molecular flexibility index (Phi) is 5.30. The van der Waals surface area contributed by atoms with Gasteiger partial charge in [0.05, 0.1) is 23.7 Å². The molecule has 4 rings (SSSR count). The highest BCUT2D eigenvalue weighted by Crippen LogP contribution is 2.45. The summed E-state index contributed by atoms with van der Waals surface area (Å²) in [7, 11) is 0. The Hall–Kier alpha value is -2.47. The van der Waals surface area contributed by atoms with Crippen LogP contribution in [-0.4, -0.2) is 16.8 Å². The van der Waals surface area contributed by atoms with Gasteiger partial charge < -0.3 is 10.0 Å². The number of nitrogens with zero attached hydrogens (tertiary/aromatic N) is 1. The smallest absolute Gasteiger partial charge is 0.264 e. The summed E-state index contributed by atoms with van der Waals surface area (Å²) in [5, 5.41) is 11.7. The lowest BCUT2D eigenvalue weighted by molar-refractivity contribution is -0.136. The minimum Gasteiger partial charge on any atom is -0.375 e. The van der Waals surface area contributed by atoms with Crippen LogP contribution in [0, 0.1) is 0 Å². The Morgan fingerprint density at radius 3 is 2.45 bits per heavy atom. The van der Waals surface area contributed by atoms with E-state index in [0.717, 1.165) is 5.56 Å². The van der Waals surface area contributed by atoms with Crippen molar-refractivity contribution in [3.8, 4) is 0 Å². The molecular weight excluding hydrogens is 454 g/mol. The number of carbonyl (C=O) groups is 2. The van der Waals surface area contributed by atoms with Gasteiger partial charge in [-0.25, -0.2) is 0 Å². The molecule has 0 radical (unpaired) electrons. The first-order valence-corrected chi connectivity index (χ1v) is 10.2. The van der Waals surface area contributed by atoms with Gasteiger partial charge in [0, 0.05) is 15.6 Å². The van der Waals surface area contributed by atoms with Crippen LogP contribution in [0.5, 0.6) is 0 Å². The number of hydrogen-bond donors (Lipinski definition) is 1. The van der Waals surface area contributed by atoms with Gasteiger partial charge in [-0.15, -0.1) is 0 Å². The minimum atomic E-state index is -1.95. The predicted octanol–water partition coefficient (Wildman–Crippen LogP) is 5.11. The maximum absolute atomic E-state index is 13.3. The molecule has 0 saturated carbocycles. The highest BCUT2D eigenvalue weighted by molar-refractivity contribution is 9.10. The molecule has 0 fully saturated rings. The number of anilines is 1. The van der Waals surface area contributed by atoms with Crippen molar-refractivity contribution in [2.75, 3.05) is 4.90 Å². The van der Waals surface area contributed by atoms with Crippen molar-refractivity contribution in [1.29, 1.82) is 0 Å². The quantitative estimate of drug-likeness (QED) is 0.527. The van der Waals surface area contributed by atoms with E-state index in [1.165, 1.54) is 4.90 Å². The SMILES string of the molecule is O=C(C[C@]1(O)C(=O)N(Cc2ccccc2)c2ccc(Br)cc21)c1ccccc1Cl. The second-order valence-electron chi connectivity index (χ2n) is 6.98. The molecule has 29 heavy (non-hydrogen) atoms. The van der Waals surface area contributed by atoms with E-state index in [9.17, 15) is 14.7 Å². The number of fused-ring (bicyclic) bond motifs is 1. The first-order valence-electron chi connectivity index (χ1n) is 9.06. The van der Waals surface area contributed by atoms with E-state index < -0.39 is 11.5 Å². The molecule has 0 bridgehead atoms. The number of carbonyl (C=O) groups excluding carboxylic acids is 2. The van der Waals surface area contributed by atoms with E-state index in [4.69, 9.17) is 11.6 Å². The molecule has 4 nitrogen and oxygen atoms in total. The Morgan fingerprint density at radius 1 is 1.03 bits per heavy atom. The first-order chi connectivity index (χ1) is 13.9. The van der Waals surface area contributed by atoms with Crippen LogP contribution in [-0.2, 0) is 16.9 Å². The van der Waals surface area contributed by atoms with Crippen molar-refractivity contribution in [2.24, 2.45) is 0 Å². The molecule has 0 saturated heterocycles. The number of hydrogen-bond acceptors (Lipinski definition) is 3. The molecule has 1 amide bonds. The molecule has 6 heteroatoms. The van der Waals surface area contributed by atoms with Gasteiger partial charge in [-0.1, -0.05) is 70.0 Å². The number of benzene rings is 3. The van der Waals surface area contributed by atoms with Gasteiger partial charge in [0.1, 0.15) is 0 Å². The van der Waals surface area contributed by atoms with Gasteiger partial charge in [0.2, 0.25) is 0 Å². The normalized spacial score (nSPS) is 18.0. The van der Waals surface area contributed by atoms with Gasteiger partial charge in [-0.05, 0) is 35.9 Å². The predicted molar refractivity (Wildman–Crippen MR) is 116 cm³/mol. The maximum Gasteiger partial charge on any atom is 0.264 e. The number of Topliss-reactive ketones (excluding diaryl/α,β-unsaturated/α-hetero) is 1. The van der Waals surface area contributed by atoms with Gasteiger partial charge >= 0.3 is 0 Å². The van der Waals surface area contributed by atoms with Gasteiger partial charge in [-0.3, -0.25) is 9.59 Å². The molecule has 0 aromatic heterocycles. The van der Waals surface area contributed by atoms with E-state index >= 15 is 0 Å². The van der Waals surface area contributed by atoms with Crippen molar-refractivity contribution in [3.05, 3.63) is 99.0 Å². The Labute approximate surface area is 181 Å². The molecule has 3 aromatic rings. The fourth-order valence-electron chi connectivity index (χ4n) is 3.63. The van der Waals surface area contributed by atoms with Crippen LogP contribution in [0.2, 0.25) is 5.02 Å². The van der Waals surface area contributed by atoms with Crippen molar-refractivity contribution in [1.82, 2.24) is 0 Å². The van der Waals surface area contributed by atoms with E-state index in [1.54, 1.807) is 36.4 Å². The monoisotopic (exact) mass is 469 g/mol. The highest BCUT2D eigenvalue weighted by atomic mass is 79.9. The minimum absolute atomic E-state index is 0.286. The van der Waals surface area contributed by atoms with Crippen LogP contribution in [0.25, 0.3) is 0 Å². The summed E-state index contributed by atoms with van der Waals surface area (Å²) >= 11 is 9.54. The topological polar surface area (TPSA) is 57.6 Å². The number of halogens is 2. The van der Waals surface area contributed by atoms with E-state index in [0.29, 0.717) is 27.3 Å². The molecule has 3 aromatic carbocycles. The summed E-state index contributed by atoms with van der Waals surface area (Å²) in [6, 6.07) is 21.4. The van der Waals surface area contributed by atoms with Crippen LogP contribution in [0.15, 0.2) is 77.3 Å². The van der Waals surface area contributed by atoms with E-state index in [1.807, 2.05) is 36.4 Å². The average molecular weight is 471 g/mol. The third-order valence-corrected chi connectivity index (χ3v) is 5.89. The maximum atomic E-state index is 13.3. The molecule has 0 aliphatic carbocycles. The Bertz CT molecular complexity index is 1100. The van der Waals surface area contributed by atoms with Gasteiger partial charge in [-0.2, -0.15) is 0 Å². The molecular formula is C23H17BrClNO3. The van der Waals surface area contributed by atoms with Crippen molar-refractivity contribution >= 4 is 44.9 Å². The summed E-state index contributed by atoms with van der Waals surface area (Å²) in [6.07, 6.45) is -0.385. The molecule has 0 spiro atoms. The zero-order chi connectivity index (χ0) is 20.6. The lowest BCUT2D eigenvalue weighted by atomic mass is 9.88. The number of amides is 1. The standard InChI is InChI=1S/C23H17BrClNO3/c24-16-10-11-20-18(12-16)23(29,13-21(27)17-8-4-5-9-19(17)25)22(28)26(20)14-15-6-2-1-3-7-15/h1-12,29H,13-14H2/t23-/m1/s1. The summed E-state index contributed by atoms with van der Waals surface area (Å²) < 4.78 is 0.717. The number of rotatable bonds is 5. The van der Waals surface area contributed by atoms with Crippen LogP contribution in [0.4, 0.5) is 5.69 Å². The second kappa shape index (κ2) is 7.75. The summed E-state index contributed by atoms with van der Waals surface area (Å²) in [4.78, 5) is 27.8. The molecule has 1 aliphatic heterocycles. The van der Waals surface area contributed by atoms with E-state index in [2.05, 4.69) is 15.9 Å². The van der Waals surface area contributed by atoms with Crippen LogP contribution < -0.4 is 4.90 Å². The zero-order valence-corrected chi connectivity index (χ0v) is 17.7. The third-order valence-electron chi connectivity index (χ3n) is 5.07. The lowest BCUT2D eigenvalue weighted by Gasteiger charge is -2.23. The Morgan fingerprint density at radius 2 is 1.72 bits per heavy atom. The van der Waals surface area contributed by atoms with Crippen LogP contribution in [0.3, 0.4) is 0 Å². The van der Waals surface area contributed by atoms with Crippen LogP contribution in [0.1, 0.15) is 27.9 Å². The molecule has 1 aliphatic rings. The second-order valence-corrected chi connectivity index (χ2v) is 8.30. The van der Waals surface area contributed by atoms with Crippen LogP contribution >= 0.6 is 27.5 Å².